The molecule has 4 aromatic rings. The Kier molecular flexibility index (Phi) is 10.3. The van der Waals surface area contributed by atoms with Gasteiger partial charge in [-0.25, -0.2) is 0 Å². The van der Waals surface area contributed by atoms with Gasteiger partial charge >= 0.3 is 0 Å². The maximum atomic E-state index is 4.46. The fourth-order valence-corrected chi connectivity index (χ4v) is 8.81. The Bertz CT molecular complexity index is 2260. The van der Waals surface area contributed by atoms with Crippen molar-refractivity contribution in [3.63, 3.8) is 0 Å². The monoisotopic (exact) mass is 687 g/mol. The molecule has 0 N–H and O–H groups in total. The van der Waals surface area contributed by atoms with Crippen molar-refractivity contribution in [3.05, 3.63) is 223 Å². The van der Waals surface area contributed by atoms with Crippen LogP contribution in [0.15, 0.2) is 206 Å². The second kappa shape index (κ2) is 15.4. The lowest BCUT2D eigenvalue weighted by Crippen LogP contribution is -2.44. The maximum Gasteiger partial charge on any atom is 0.0551 e. The van der Waals surface area contributed by atoms with Gasteiger partial charge in [-0.05, 0) is 108 Å². The average Bonchev–Trinajstić information content (AvgIpc) is 3.49. The number of rotatable bonds is 10. The summed E-state index contributed by atoms with van der Waals surface area (Å²) in [5.74, 6) is 0. The summed E-state index contributed by atoms with van der Waals surface area (Å²) in [4.78, 5) is 2.44. The van der Waals surface area contributed by atoms with Crippen molar-refractivity contribution in [2.45, 2.75) is 45.4 Å². The van der Waals surface area contributed by atoms with E-state index in [1.54, 1.807) is 0 Å². The van der Waals surface area contributed by atoms with Crippen molar-refractivity contribution in [2.24, 2.45) is 5.41 Å². The molecule has 0 aliphatic heterocycles. The van der Waals surface area contributed by atoms with Crippen LogP contribution in [-0.2, 0) is 5.41 Å². The molecule has 2 atom stereocenters. The highest BCUT2D eigenvalue weighted by Crippen LogP contribution is 2.65. The number of hydrogen-bond acceptors (Lipinski definition) is 1. The molecule has 0 amide bonds. The van der Waals surface area contributed by atoms with Crippen LogP contribution in [0.2, 0.25) is 0 Å². The SMILES string of the molecule is C=C/C=C1\C(=C/C)C(/C(C=C)=C/C=C\C)(C2(C)C=CC=CC2)c2cc(N(c3ccc(C4=CC=CCC4)cc3)c3ccccc3-c3ccccc3)ccc21. The third kappa shape index (κ3) is 6.21. The van der Waals surface area contributed by atoms with Gasteiger partial charge < -0.3 is 4.90 Å². The first kappa shape index (κ1) is 35.5. The Morgan fingerprint density at radius 2 is 1.55 bits per heavy atom. The Balaban J connectivity index is 1.53. The van der Waals surface area contributed by atoms with Gasteiger partial charge in [0.05, 0.1) is 11.1 Å². The van der Waals surface area contributed by atoms with E-state index in [9.17, 15) is 0 Å². The van der Waals surface area contributed by atoms with E-state index in [0.717, 1.165) is 36.3 Å². The first-order chi connectivity index (χ1) is 26.0. The highest BCUT2D eigenvalue weighted by molar-refractivity contribution is 5.96. The Labute approximate surface area is 317 Å². The maximum absolute atomic E-state index is 4.46. The zero-order chi connectivity index (χ0) is 36.8. The van der Waals surface area contributed by atoms with Gasteiger partial charge in [0.1, 0.15) is 0 Å². The summed E-state index contributed by atoms with van der Waals surface area (Å²) >= 11 is 0. The third-order valence-electron chi connectivity index (χ3n) is 11.2. The van der Waals surface area contributed by atoms with E-state index in [0.29, 0.717) is 0 Å². The summed E-state index contributed by atoms with van der Waals surface area (Å²) in [6, 6.07) is 35.7. The van der Waals surface area contributed by atoms with E-state index in [1.165, 1.54) is 50.1 Å². The van der Waals surface area contributed by atoms with Gasteiger partial charge in [0, 0.05) is 22.4 Å². The molecule has 2 unspecified atom stereocenters. The fourth-order valence-electron chi connectivity index (χ4n) is 8.81. The van der Waals surface area contributed by atoms with Crippen LogP contribution in [0.1, 0.15) is 56.7 Å². The molecule has 1 nitrogen and oxygen atoms in total. The van der Waals surface area contributed by atoms with Crippen LogP contribution >= 0.6 is 0 Å². The van der Waals surface area contributed by atoms with Crippen molar-refractivity contribution in [1.82, 2.24) is 0 Å². The van der Waals surface area contributed by atoms with Gasteiger partial charge in [0.15, 0.2) is 0 Å². The van der Waals surface area contributed by atoms with Crippen LogP contribution in [0.25, 0.3) is 22.3 Å². The predicted molar refractivity (Wildman–Crippen MR) is 231 cm³/mol. The lowest BCUT2D eigenvalue weighted by Gasteiger charge is -2.48. The number of hydrogen-bond donors (Lipinski definition) is 0. The molecule has 0 aromatic heterocycles. The standard InChI is InChI=1S/C52H49N/c1-6-10-27-42(8-3)52(51(5)36-20-13-21-37-51)48(9-4)46(22-7-2)47-35-34-44(38-49(47)52)53(43-32-30-40(31-33-43)39-23-14-11-15-24-39)50-29-19-18-28-45(50)41-25-16-12-17-26-41/h6-14,16-23,25-36,38H,2-3,15,24,37H2,1,4-5H3/b10-6-,42-27+,46-22-,48-9+. The van der Waals surface area contributed by atoms with E-state index in [4.69, 9.17) is 0 Å². The molecule has 262 valence electrons. The summed E-state index contributed by atoms with van der Waals surface area (Å²) in [5.41, 5.74) is 13.7. The average molecular weight is 688 g/mol. The zero-order valence-corrected chi connectivity index (χ0v) is 31.3. The van der Waals surface area contributed by atoms with Crippen molar-refractivity contribution < 1.29 is 0 Å². The molecule has 0 heterocycles. The molecule has 1 heteroatoms. The van der Waals surface area contributed by atoms with Crippen LogP contribution in [-0.4, -0.2) is 0 Å². The van der Waals surface area contributed by atoms with Crippen LogP contribution < -0.4 is 4.90 Å². The minimum atomic E-state index is -0.528. The Hall–Kier alpha value is -5.92. The second-order valence-corrected chi connectivity index (χ2v) is 14.2. The number of allylic oxidation sites excluding steroid dienone is 18. The molecule has 0 spiro atoms. The molecule has 0 radical (unpaired) electrons. The summed E-state index contributed by atoms with van der Waals surface area (Å²) in [5, 5.41) is 0. The summed E-state index contributed by atoms with van der Waals surface area (Å²) < 4.78 is 0. The first-order valence-electron chi connectivity index (χ1n) is 18.9. The number of para-hydroxylation sites is 1. The molecule has 0 fully saturated rings. The van der Waals surface area contributed by atoms with E-state index >= 15 is 0 Å². The molecule has 0 saturated heterocycles. The van der Waals surface area contributed by atoms with Gasteiger partial charge in [-0.15, -0.1) is 0 Å². The van der Waals surface area contributed by atoms with E-state index < -0.39 is 5.41 Å². The molecular formula is C52H49N. The molecule has 4 aromatic carbocycles. The number of anilines is 3. The van der Waals surface area contributed by atoms with Gasteiger partial charge in [-0.2, -0.15) is 0 Å². The van der Waals surface area contributed by atoms with E-state index in [-0.39, 0.29) is 5.41 Å². The van der Waals surface area contributed by atoms with Crippen molar-refractivity contribution in [1.29, 1.82) is 0 Å². The van der Waals surface area contributed by atoms with Crippen molar-refractivity contribution in [2.75, 3.05) is 4.90 Å². The minimum Gasteiger partial charge on any atom is -0.310 e. The van der Waals surface area contributed by atoms with Crippen LogP contribution in [0.3, 0.4) is 0 Å². The molecular weight excluding hydrogens is 639 g/mol. The lowest BCUT2D eigenvalue weighted by molar-refractivity contribution is 0.292. The molecule has 3 aliphatic rings. The number of nitrogens with zero attached hydrogens (tertiary/aromatic N) is 1. The smallest absolute Gasteiger partial charge is 0.0551 e. The first-order valence-corrected chi connectivity index (χ1v) is 18.9. The summed E-state index contributed by atoms with van der Waals surface area (Å²) in [6.45, 7) is 15.3. The second-order valence-electron chi connectivity index (χ2n) is 14.2. The van der Waals surface area contributed by atoms with Crippen LogP contribution in [0, 0.1) is 5.41 Å². The van der Waals surface area contributed by atoms with Crippen molar-refractivity contribution in [3.8, 4) is 11.1 Å². The zero-order valence-electron chi connectivity index (χ0n) is 31.3. The normalized spacial score (nSPS) is 22.3. The van der Waals surface area contributed by atoms with Gasteiger partial charge in [-0.1, -0.05) is 172 Å². The Morgan fingerprint density at radius 1 is 0.774 bits per heavy atom. The molecule has 0 saturated carbocycles. The minimum absolute atomic E-state index is 0.286. The third-order valence-corrected chi connectivity index (χ3v) is 11.2. The fraction of sp³-hybridized carbons (Fsp3) is 0.154. The summed E-state index contributed by atoms with van der Waals surface area (Å²) in [7, 11) is 0. The topological polar surface area (TPSA) is 3.24 Å². The molecule has 7 rings (SSSR count). The largest absolute Gasteiger partial charge is 0.310 e. The molecule has 3 aliphatic carbocycles. The van der Waals surface area contributed by atoms with Crippen LogP contribution in [0.5, 0.6) is 0 Å². The van der Waals surface area contributed by atoms with E-state index in [1.807, 2.05) is 6.08 Å². The van der Waals surface area contributed by atoms with Gasteiger partial charge in [0.2, 0.25) is 0 Å². The number of benzene rings is 4. The predicted octanol–water partition coefficient (Wildman–Crippen LogP) is 14.5. The quantitative estimate of drug-likeness (QED) is 0.150. The number of fused-ring (bicyclic) bond motifs is 1. The highest BCUT2D eigenvalue weighted by atomic mass is 15.1. The van der Waals surface area contributed by atoms with E-state index in [2.05, 4.69) is 215 Å². The molecule has 53 heavy (non-hydrogen) atoms. The van der Waals surface area contributed by atoms with Crippen LogP contribution in [0.4, 0.5) is 17.1 Å². The highest BCUT2D eigenvalue weighted by Gasteiger charge is 2.57. The Morgan fingerprint density at radius 3 is 2.23 bits per heavy atom. The molecule has 0 bridgehead atoms. The lowest BCUT2D eigenvalue weighted by atomic mass is 9.53. The van der Waals surface area contributed by atoms with Crippen molar-refractivity contribution >= 4 is 28.2 Å². The van der Waals surface area contributed by atoms with Gasteiger partial charge in [0.25, 0.3) is 0 Å². The van der Waals surface area contributed by atoms with Gasteiger partial charge in [-0.3, -0.25) is 0 Å². The summed E-state index contributed by atoms with van der Waals surface area (Å²) in [6.07, 6.45) is 33.8.